The Bertz CT molecular complexity index is 305. The van der Waals surface area contributed by atoms with Crippen molar-refractivity contribution < 1.29 is 59.5 Å². The molecule has 1 heterocycles. The average Bonchev–Trinajstić information content (AvgIpc) is 2.59. The van der Waals surface area contributed by atoms with Crippen molar-refractivity contribution in [1.82, 2.24) is 0 Å². The summed E-state index contributed by atoms with van der Waals surface area (Å²) in [7, 11) is 0. The Hall–Kier alpha value is 0.760. The first kappa shape index (κ1) is 25.8. The van der Waals surface area contributed by atoms with E-state index in [1.807, 2.05) is 0 Å². The van der Waals surface area contributed by atoms with Gasteiger partial charge in [0.25, 0.3) is 0 Å². The SMILES string of the molecule is CCCCCCCCCCCCOC1O[C@H](CO)[C@H](O)[C@H](O)[C@H]1[O-].[Na+]. The van der Waals surface area contributed by atoms with Crippen LogP contribution in [-0.2, 0) is 9.47 Å². The van der Waals surface area contributed by atoms with Gasteiger partial charge in [-0.25, -0.2) is 0 Å². The maximum absolute atomic E-state index is 11.9. The molecule has 1 fully saturated rings. The third-order valence-corrected chi connectivity index (χ3v) is 4.60. The molecule has 7 heteroatoms. The van der Waals surface area contributed by atoms with Gasteiger partial charge in [0.1, 0.15) is 18.5 Å². The fourth-order valence-corrected chi connectivity index (χ4v) is 2.98. The second kappa shape index (κ2) is 15.8. The van der Waals surface area contributed by atoms with Crippen LogP contribution in [-0.4, -0.2) is 59.2 Å². The molecular formula is C18H35NaO6. The van der Waals surface area contributed by atoms with Crippen LogP contribution in [0.1, 0.15) is 71.1 Å². The zero-order valence-corrected chi connectivity index (χ0v) is 17.9. The largest absolute Gasteiger partial charge is 1.00 e. The number of hydrogen-bond donors (Lipinski definition) is 3. The zero-order chi connectivity index (χ0) is 17.8. The van der Waals surface area contributed by atoms with Crippen LogP contribution in [0.5, 0.6) is 0 Å². The van der Waals surface area contributed by atoms with Crippen molar-refractivity contribution in [1.29, 1.82) is 0 Å². The molecule has 0 spiro atoms. The van der Waals surface area contributed by atoms with E-state index in [0.29, 0.717) is 6.61 Å². The topological polar surface area (TPSA) is 102 Å². The van der Waals surface area contributed by atoms with Crippen LogP contribution in [0.3, 0.4) is 0 Å². The predicted octanol–water partition coefficient (Wildman–Crippen LogP) is -1.90. The van der Waals surface area contributed by atoms with Gasteiger partial charge in [0, 0.05) is 6.61 Å². The van der Waals surface area contributed by atoms with Crippen LogP contribution in [0.15, 0.2) is 0 Å². The van der Waals surface area contributed by atoms with Gasteiger partial charge in [-0.05, 0) is 12.5 Å². The molecule has 1 unspecified atom stereocenters. The van der Waals surface area contributed by atoms with Gasteiger partial charge < -0.3 is 29.9 Å². The minimum absolute atomic E-state index is 0. The third-order valence-electron chi connectivity index (χ3n) is 4.60. The maximum atomic E-state index is 11.9. The van der Waals surface area contributed by atoms with E-state index >= 15 is 0 Å². The third kappa shape index (κ3) is 10.0. The summed E-state index contributed by atoms with van der Waals surface area (Å²) in [5, 5.41) is 40.2. The van der Waals surface area contributed by atoms with Gasteiger partial charge in [0.15, 0.2) is 0 Å². The Morgan fingerprint density at radius 2 is 1.40 bits per heavy atom. The predicted molar refractivity (Wildman–Crippen MR) is 89.3 cm³/mol. The zero-order valence-electron chi connectivity index (χ0n) is 15.9. The van der Waals surface area contributed by atoms with E-state index in [1.165, 1.54) is 44.9 Å². The van der Waals surface area contributed by atoms with E-state index in [2.05, 4.69) is 6.92 Å². The quantitative estimate of drug-likeness (QED) is 0.258. The smallest absolute Gasteiger partial charge is 0.846 e. The summed E-state index contributed by atoms with van der Waals surface area (Å²) < 4.78 is 10.6. The summed E-state index contributed by atoms with van der Waals surface area (Å²) in [5.41, 5.74) is 0. The number of hydrogen-bond acceptors (Lipinski definition) is 6. The fraction of sp³-hybridized carbons (Fsp3) is 1.00. The van der Waals surface area contributed by atoms with Gasteiger partial charge in [0.2, 0.25) is 0 Å². The molecule has 0 amide bonds. The average molecular weight is 370 g/mol. The Kier molecular flexibility index (Phi) is 16.3. The van der Waals surface area contributed by atoms with Crippen LogP contribution in [0.2, 0.25) is 0 Å². The van der Waals surface area contributed by atoms with Gasteiger partial charge in [-0.2, -0.15) is 0 Å². The molecule has 6 nitrogen and oxygen atoms in total. The maximum Gasteiger partial charge on any atom is 1.00 e. The summed E-state index contributed by atoms with van der Waals surface area (Å²) in [6.07, 6.45) is 5.68. The Labute approximate surface area is 174 Å². The van der Waals surface area contributed by atoms with Crippen LogP contribution < -0.4 is 34.7 Å². The molecule has 0 radical (unpaired) electrons. The van der Waals surface area contributed by atoms with Crippen molar-refractivity contribution in [3.05, 3.63) is 0 Å². The van der Waals surface area contributed by atoms with Gasteiger partial charge in [-0.3, -0.25) is 0 Å². The van der Waals surface area contributed by atoms with Gasteiger partial charge in [-0.15, -0.1) is 0 Å². The normalized spacial score (nSPS) is 29.4. The monoisotopic (exact) mass is 370 g/mol. The van der Waals surface area contributed by atoms with E-state index < -0.39 is 37.3 Å². The molecule has 0 aliphatic carbocycles. The van der Waals surface area contributed by atoms with Crippen LogP contribution in [0, 0.1) is 0 Å². The first-order valence-electron chi connectivity index (χ1n) is 9.51. The van der Waals surface area contributed by atoms with Gasteiger partial charge >= 0.3 is 29.6 Å². The molecule has 1 aliphatic rings. The van der Waals surface area contributed by atoms with Gasteiger partial charge in [-0.1, -0.05) is 64.7 Å². The van der Waals surface area contributed by atoms with E-state index in [9.17, 15) is 15.3 Å². The number of rotatable bonds is 13. The minimum atomic E-state index is -1.55. The Morgan fingerprint density at radius 3 is 1.92 bits per heavy atom. The van der Waals surface area contributed by atoms with Crippen molar-refractivity contribution in [2.75, 3.05) is 13.2 Å². The molecule has 144 valence electrons. The number of aliphatic hydroxyl groups excluding tert-OH is 3. The molecule has 3 N–H and O–H groups in total. The van der Waals surface area contributed by atoms with E-state index in [4.69, 9.17) is 14.6 Å². The summed E-state index contributed by atoms with van der Waals surface area (Å²) in [6, 6.07) is 0. The van der Waals surface area contributed by atoms with E-state index in [-0.39, 0.29) is 29.6 Å². The van der Waals surface area contributed by atoms with Gasteiger partial charge in [0.05, 0.1) is 12.7 Å². The first-order valence-corrected chi connectivity index (χ1v) is 9.51. The summed E-state index contributed by atoms with van der Waals surface area (Å²) in [6.45, 7) is 2.16. The molecule has 0 aromatic heterocycles. The fourth-order valence-electron chi connectivity index (χ4n) is 2.98. The molecule has 1 saturated heterocycles. The standard InChI is InChI=1S/C18H35O6.Na/c1-2-3-4-5-6-7-8-9-10-11-12-23-18-17(22)16(21)15(20)14(13-19)24-18;/h14-21H,2-13H2,1H3;/q-1;+1/t14-,15+,16+,17-,18?;/m1./s1. The Balaban J connectivity index is 0.00000576. The second-order valence-corrected chi connectivity index (χ2v) is 6.72. The van der Waals surface area contributed by atoms with Crippen molar-refractivity contribution in [2.45, 2.75) is 102 Å². The molecule has 1 aliphatic heterocycles. The first-order chi connectivity index (χ1) is 11.6. The molecule has 25 heavy (non-hydrogen) atoms. The van der Waals surface area contributed by atoms with Crippen molar-refractivity contribution >= 4 is 0 Å². The van der Waals surface area contributed by atoms with Crippen molar-refractivity contribution in [2.24, 2.45) is 0 Å². The Morgan fingerprint density at radius 1 is 0.880 bits per heavy atom. The molecule has 0 bridgehead atoms. The summed E-state index contributed by atoms with van der Waals surface area (Å²) in [5.74, 6) is 0. The molecule has 1 rings (SSSR count). The van der Waals surface area contributed by atoms with Crippen molar-refractivity contribution in [3.8, 4) is 0 Å². The minimum Gasteiger partial charge on any atom is -0.846 e. The summed E-state index contributed by atoms with van der Waals surface area (Å²) >= 11 is 0. The van der Waals surface area contributed by atoms with Crippen molar-refractivity contribution in [3.63, 3.8) is 0 Å². The second-order valence-electron chi connectivity index (χ2n) is 6.72. The summed E-state index contributed by atoms with van der Waals surface area (Å²) in [4.78, 5) is 0. The molecule has 0 aromatic rings. The molecule has 0 aromatic carbocycles. The van der Waals surface area contributed by atoms with Crippen LogP contribution in [0.25, 0.3) is 0 Å². The number of ether oxygens (including phenoxy) is 2. The van der Waals surface area contributed by atoms with E-state index in [0.717, 1.165) is 19.3 Å². The number of aliphatic hydroxyl groups is 3. The molecular weight excluding hydrogens is 335 g/mol. The van der Waals surface area contributed by atoms with E-state index in [1.54, 1.807) is 0 Å². The molecule has 5 atom stereocenters. The van der Waals surface area contributed by atoms with Crippen LogP contribution in [0.4, 0.5) is 0 Å². The molecule has 0 saturated carbocycles. The number of unbranched alkanes of at least 4 members (excludes halogenated alkanes) is 9. The van der Waals surface area contributed by atoms with Crippen LogP contribution >= 0.6 is 0 Å².